The van der Waals surface area contributed by atoms with Gasteiger partial charge in [0.05, 0.1) is 12.6 Å². The summed E-state index contributed by atoms with van der Waals surface area (Å²) < 4.78 is 0. The molecule has 1 atom stereocenters. The molecule has 0 aromatic heterocycles. The van der Waals surface area contributed by atoms with Crippen molar-refractivity contribution in [3.05, 3.63) is 0 Å². The number of carbonyl (C=O) groups is 1. The predicted octanol–water partition coefficient (Wildman–Crippen LogP) is 1.11. The molecule has 1 aliphatic rings. The third-order valence-corrected chi connectivity index (χ3v) is 3.93. The number of hydrogen-bond acceptors (Lipinski definition) is 3. The first-order valence-corrected chi connectivity index (χ1v) is 7.32. The lowest BCUT2D eigenvalue weighted by atomic mass is 9.90. The Morgan fingerprint density at radius 1 is 1.47 bits per heavy atom. The molecular formula is C15H27N3O. The SMILES string of the molecule is C#CCNC(=O)C(C)N(CCC)C1CCC(N)CC1. The maximum absolute atomic E-state index is 12.1. The molecule has 0 aromatic carbocycles. The van der Waals surface area contributed by atoms with E-state index < -0.39 is 0 Å². The fourth-order valence-corrected chi connectivity index (χ4v) is 2.82. The van der Waals surface area contributed by atoms with Crippen LogP contribution in [0.25, 0.3) is 0 Å². The number of carbonyl (C=O) groups excluding carboxylic acids is 1. The van der Waals surface area contributed by atoms with Gasteiger partial charge in [-0.15, -0.1) is 6.42 Å². The van der Waals surface area contributed by atoms with Gasteiger partial charge in [0, 0.05) is 12.1 Å². The minimum atomic E-state index is -0.118. The third kappa shape index (κ3) is 4.85. The lowest BCUT2D eigenvalue weighted by molar-refractivity contribution is -0.126. The molecule has 0 aliphatic heterocycles. The van der Waals surface area contributed by atoms with Crippen LogP contribution in [-0.2, 0) is 4.79 Å². The van der Waals surface area contributed by atoms with Gasteiger partial charge in [0.15, 0.2) is 0 Å². The van der Waals surface area contributed by atoms with Gasteiger partial charge < -0.3 is 11.1 Å². The second-order valence-corrected chi connectivity index (χ2v) is 5.40. The van der Waals surface area contributed by atoms with E-state index in [0.29, 0.717) is 18.6 Å². The molecule has 1 fully saturated rings. The maximum Gasteiger partial charge on any atom is 0.237 e. The molecular weight excluding hydrogens is 238 g/mol. The minimum Gasteiger partial charge on any atom is -0.344 e. The minimum absolute atomic E-state index is 0.0290. The fraction of sp³-hybridized carbons (Fsp3) is 0.800. The zero-order chi connectivity index (χ0) is 14.3. The summed E-state index contributed by atoms with van der Waals surface area (Å²) in [5.74, 6) is 2.47. The number of nitrogens with one attached hydrogen (secondary N) is 1. The summed E-state index contributed by atoms with van der Waals surface area (Å²) >= 11 is 0. The van der Waals surface area contributed by atoms with Crippen LogP contribution in [0.15, 0.2) is 0 Å². The van der Waals surface area contributed by atoms with Crippen LogP contribution < -0.4 is 11.1 Å². The summed E-state index contributed by atoms with van der Waals surface area (Å²) in [5.41, 5.74) is 5.95. The highest BCUT2D eigenvalue weighted by atomic mass is 16.2. The van der Waals surface area contributed by atoms with Gasteiger partial charge in [0.2, 0.25) is 5.91 Å². The number of nitrogens with zero attached hydrogens (tertiary/aromatic N) is 1. The van der Waals surface area contributed by atoms with Crippen molar-refractivity contribution in [3.8, 4) is 12.3 Å². The zero-order valence-corrected chi connectivity index (χ0v) is 12.2. The number of rotatable bonds is 6. The molecule has 1 saturated carbocycles. The Kier molecular flexibility index (Phi) is 6.90. The van der Waals surface area contributed by atoms with E-state index in [1.807, 2.05) is 6.92 Å². The van der Waals surface area contributed by atoms with Crippen LogP contribution >= 0.6 is 0 Å². The molecule has 1 aliphatic carbocycles. The average molecular weight is 265 g/mol. The van der Waals surface area contributed by atoms with Gasteiger partial charge in [-0.05, 0) is 45.6 Å². The largest absolute Gasteiger partial charge is 0.344 e. The van der Waals surface area contributed by atoms with Crippen molar-refractivity contribution < 1.29 is 4.79 Å². The fourth-order valence-electron chi connectivity index (χ4n) is 2.82. The van der Waals surface area contributed by atoms with Gasteiger partial charge >= 0.3 is 0 Å². The Hall–Kier alpha value is -1.05. The molecule has 0 saturated heterocycles. The number of terminal acetylenes is 1. The van der Waals surface area contributed by atoms with Crippen molar-refractivity contribution in [2.24, 2.45) is 5.73 Å². The highest BCUT2D eigenvalue weighted by Gasteiger charge is 2.29. The number of amides is 1. The van der Waals surface area contributed by atoms with E-state index in [9.17, 15) is 4.79 Å². The van der Waals surface area contributed by atoms with Crippen LogP contribution in [0.5, 0.6) is 0 Å². The molecule has 0 heterocycles. The summed E-state index contributed by atoms with van der Waals surface area (Å²) in [5, 5.41) is 2.78. The zero-order valence-electron chi connectivity index (χ0n) is 12.2. The monoisotopic (exact) mass is 265 g/mol. The van der Waals surface area contributed by atoms with Crippen molar-refractivity contribution in [2.45, 2.75) is 64.1 Å². The molecule has 0 bridgehead atoms. The van der Waals surface area contributed by atoms with Crippen molar-refractivity contribution in [3.63, 3.8) is 0 Å². The van der Waals surface area contributed by atoms with Gasteiger partial charge in [-0.3, -0.25) is 9.69 Å². The Bertz CT molecular complexity index is 316. The molecule has 3 N–H and O–H groups in total. The Morgan fingerprint density at radius 2 is 2.11 bits per heavy atom. The Morgan fingerprint density at radius 3 is 2.63 bits per heavy atom. The summed E-state index contributed by atoms with van der Waals surface area (Å²) in [6.07, 6.45) is 10.5. The first kappa shape index (κ1) is 16.0. The van der Waals surface area contributed by atoms with Crippen LogP contribution in [0.1, 0.15) is 46.0 Å². The van der Waals surface area contributed by atoms with Gasteiger partial charge in [0.25, 0.3) is 0 Å². The van der Waals surface area contributed by atoms with Crippen molar-refractivity contribution in [1.29, 1.82) is 0 Å². The van der Waals surface area contributed by atoms with E-state index in [1.165, 1.54) is 0 Å². The van der Waals surface area contributed by atoms with Gasteiger partial charge in [-0.2, -0.15) is 0 Å². The molecule has 0 aromatic rings. The van der Waals surface area contributed by atoms with E-state index in [0.717, 1.165) is 38.6 Å². The van der Waals surface area contributed by atoms with Crippen molar-refractivity contribution in [2.75, 3.05) is 13.1 Å². The molecule has 1 rings (SSSR count). The lowest BCUT2D eigenvalue weighted by Gasteiger charge is -2.39. The van der Waals surface area contributed by atoms with Crippen LogP contribution in [0, 0.1) is 12.3 Å². The standard InChI is InChI=1S/C15H27N3O/c1-4-10-17-15(19)12(3)18(11-5-2)14-8-6-13(16)7-9-14/h1,12-14H,5-11,16H2,2-3H3,(H,17,19). The molecule has 1 unspecified atom stereocenters. The van der Waals surface area contributed by atoms with E-state index in [4.69, 9.17) is 12.2 Å². The van der Waals surface area contributed by atoms with Crippen LogP contribution in [0.3, 0.4) is 0 Å². The first-order valence-electron chi connectivity index (χ1n) is 7.32. The highest BCUT2D eigenvalue weighted by Crippen LogP contribution is 2.24. The van der Waals surface area contributed by atoms with Crippen LogP contribution in [0.2, 0.25) is 0 Å². The van der Waals surface area contributed by atoms with Crippen LogP contribution in [0.4, 0.5) is 0 Å². The highest BCUT2D eigenvalue weighted by molar-refractivity contribution is 5.81. The smallest absolute Gasteiger partial charge is 0.237 e. The predicted molar refractivity (Wildman–Crippen MR) is 78.5 cm³/mol. The molecule has 1 amide bonds. The van der Waals surface area contributed by atoms with E-state index in [2.05, 4.69) is 23.1 Å². The first-order chi connectivity index (χ1) is 9.10. The Labute approximate surface area is 117 Å². The number of hydrogen-bond donors (Lipinski definition) is 2. The van der Waals surface area contributed by atoms with Gasteiger partial charge in [0.1, 0.15) is 0 Å². The average Bonchev–Trinajstić information content (AvgIpc) is 2.42. The van der Waals surface area contributed by atoms with Crippen molar-refractivity contribution in [1.82, 2.24) is 10.2 Å². The third-order valence-electron chi connectivity index (χ3n) is 3.93. The normalized spacial score (nSPS) is 24.8. The molecule has 0 radical (unpaired) electrons. The summed E-state index contributed by atoms with van der Waals surface area (Å²) in [7, 11) is 0. The number of nitrogens with two attached hydrogens (primary N) is 1. The maximum atomic E-state index is 12.1. The quantitative estimate of drug-likeness (QED) is 0.707. The Balaban J connectivity index is 2.60. The summed E-state index contributed by atoms with van der Waals surface area (Å²) in [6, 6.07) is 0.698. The van der Waals surface area contributed by atoms with Gasteiger partial charge in [-0.25, -0.2) is 0 Å². The van der Waals surface area contributed by atoms with E-state index in [-0.39, 0.29) is 11.9 Å². The van der Waals surface area contributed by atoms with E-state index in [1.54, 1.807) is 0 Å². The molecule has 19 heavy (non-hydrogen) atoms. The van der Waals surface area contributed by atoms with E-state index >= 15 is 0 Å². The van der Waals surface area contributed by atoms with Crippen molar-refractivity contribution >= 4 is 5.91 Å². The lowest BCUT2D eigenvalue weighted by Crippen LogP contribution is -2.51. The summed E-state index contributed by atoms with van der Waals surface area (Å²) in [4.78, 5) is 14.4. The molecule has 108 valence electrons. The van der Waals surface area contributed by atoms with Gasteiger partial charge in [-0.1, -0.05) is 12.8 Å². The topological polar surface area (TPSA) is 58.4 Å². The molecule has 4 heteroatoms. The summed E-state index contributed by atoms with van der Waals surface area (Å²) in [6.45, 7) is 5.37. The molecule has 0 spiro atoms. The molecule has 4 nitrogen and oxygen atoms in total. The second kappa shape index (κ2) is 8.19. The van der Waals surface area contributed by atoms with Crippen LogP contribution in [-0.4, -0.2) is 42.0 Å². The second-order valence-electron chi connectivity index (χ2n) is 5.40.